The van der Waals surface area contributed by atoms with Crippen molar-refractivity contribution in [2.45, 2.75) is 20.4 Å². The second-order valence-electron chi connectivity index (χ2n) is 6.85. The summed E-state index contributed by atoms with van der Waals surface area (Å²) in [6, 6.07) is 6.65. The minimum absolute atomic E-state index is 0.176. The van der Waals surface area contributed by atoms with Crippen LogP contribution in [-0.2, 0) is 11.3 Å². The first-order valence-electron chi connectivity index (χ1n) is 8.92. The van der Waals surface area contributed by atoms with E-state index >= 15 is 0 Å². The molecule has 2 aromatic carbocycles. The van der Waals surface area contributed by atoms with Gasteiger partial charge in [0.2, 0.25) is 5.75 Å². The maximum atomic E-state index is 14.4. The zero-order valence-electron chi connectivity index (χ0n) is 17.3. The number of hydrogen-bond acceptors (Lipinski definition) is 7. The Morgan fingerprint density at radius 3 is 2.52 bits per heavy atom. The van der Waals surface area contributed by atoms with E-state index in [2.05, 4.69) is 0 Å². The molecule has 0 aliphatic carbocycles. The Labute approximate surface area is 177 Å². The van der Waals surface area contributed by atoms with Gasteiger partial charge in [0.15, 0.2) is 11.3 Å². The van der Waals surface area contributed by atoms with E-state index < -0.39 is 39.4 Å². The number of rotatable bonds is 6. The van der Waals surface area contributed by atoms with Gasteiger partial charge in [-0.25, -0.2) is 4.39 Å². The Bertz CT molecular complexity index is 1140. The van der Waals surface area contributed by atoms with Gasteiger partial charge >= 0.3 is 5.69 Å². The lowest BCUT2D eigenvalue weighted by atomic mass is 10.0. The van der Waals surface area contributed by atoms with Crippen LogP contribution in [0.4, 0.5) is 10.1 Å². The highest BCUT2D eigenvalue weighted by atomic mass is 19.1. The van der Waals surface area contributed by atoms with Crippen molar-refractivity contribution in [2.75, 3.05) is 14.2 Å². The van der Waals surface area contributed by atoms with Gasteiger partial charge in [0, 0.05) is 30.8 Å². The van der Waals surface area contributed by atoms with E-state index in [9.17, 15) is 34.8 Å². The van der Waals surface area contributed by atoms with Crippen LogP contribution in [0.2, 0.25) is 0 Å². The van der Waals surface area contributed by atoms with Crippen molar-refractivity contribution >= 4 is 17.4 Å². The molecular formula is C21H20FN3O6. The number of aliphatic hydroxyl groups excluding tert-OH is 1. The van der Waals surface area contributed by atoms with Crippen LogP contribution in [0.25, 0.3) is 5.76 Å². The molecule has 9 nitrogen and oxygen atoms in total. The van der Waals surface area contributed by atoms with Gasteiger partial charge in [-0.05, 0) is 25.5 Å². The Kier molecular flexibility index (Phi) is 6.82. The highest BCUT2D eigenvalue weighted by Gasteiger charge is 2.26. The number of phenolic OH excluding ortho intramolecular Hbond substituents is 1. The molecule has 0 atom stereocenters. The van der Waals surface area contributed by atoms with Gasteiger partial charge in [0.1, 0.15) is 17.6 Å². The molecule has 0 aromatic heterocycles. The molecule has 31 heavy (non-hydrogen) atoms. The maximum absolute atomic E-state index is 14.4. The molecule has 0 radical (unpaired) electrons. The second kappa shape index (κ2) is 9.13. The van der Waals surface area contributed by atoms with Gasteiger partial charge in [-0.3, -0.25) is 14.9 Å². The van der Waals surface area contributed by atoms with Crippen LogP contribution in [0.5, 0.6) is 11.5 Å². The summed E-state index contributed by atoms with van der Waals surface area (Å²) in [5.41, 5.74) is -0.356. The fraction of sp³-hybridized carbons (Fsp3) is 0.238. The number of nitro benzene ring substituents is 1. The number of phenols is 1. The number of benzene rings is 2. The van der Waals surface area contributed by atoms with Crippen molar-refractivity contribution < 1.29 is 29.1 Å². The lowest BCUT2D eigenvalue weighted by Gasteiger charge is -2.19. The molecule has 0 saturated carbocycles. The van der Waals surface area contributed by atoms with Gasteiger partial charge in [-0.15, -0.1) is 0 Å². The number of aryl methyl sites for hydroxylation is 2. The molecular weight excluding hydrogens is 409 g/mol. The molecule has 1 amide bonds. The third-order valence-electron chi connectivity index (χ3n) is 4.54. The van der Waals surface area contributed by atoms with E-state index in [1.165, 1.54) is 7.05 Å². The molecule has 162 valence electrons. The molecule has 0 bridgehead atoms. The number of nitrogens with zero attached hydrogens (tertiary/aromatic N) is 3. The molecule has 0 unspecified atom stereocenters. The third-order valence-corrected chi connectivity index (χ3v) is 4.54. The van der Waals surface area contributed by atoms with Crippen molar-refractivity contribution in [2.24, 2.45) is 0 Å². The molecule has 2 N–H and O–H groups in total. The Balaban J connectivity index is 2.49. The number of halogens is 1. The zero-order chi connectivity index (χ0) is 23.5. The number of likely N-dealkylation sites (N-methyl/N-ethyl adjacent to an activating group) is 1. The summed E-state index contributed by atoms with van der Waals surface area (Å²) >= 11 is 0. The summed E-state index contributed by atoms with van der Waals surface area (Å²) in [6.45, 7) is 3.19. The average Bonchev–Trinajstić information content (AvgIpc) is 2.71. The largest absolute Gasteiger partial charge is 0.506 e. The van der Waals surface area contributed by atoms with Crippen molar-refractivity contribution in [1.29, 1.82) is 5.26 Å². The van der Waals surface area contributed by atoms with E-state index in [1.807, 2.05) is 0 Å². The van der Waals surface area contributed by atoms with E-state index in [4.69, 9.17) is 4.74 Å². The van der Waals surface area contributed by atoms with Crippen LogP contribution in [0.15, 0.2) is 29.8 Å². The Hall–Kier alpha value is -4.13. The SMILES string of the molecule is COc1cc(/C(O)=C(\C#N)C(=O)N(C)Cc2cc(C)cc(C)c2F)cc([N+](=O)[O-])c1O. The number of carbonyl (C=O) groups excluding carboxylic acids is 1. The van der Waals surface area contributed by atoms with Crippen LogP contribution in [-0.4, -0.2) is 40.1 Å². The average molecular weight is 429 g/mol. The third kappa shape index (κ3) is 4.72. The van der Waals surface area contributed by atoms with Gasteiger partial charge in [-0.1, -0.05) is 17.7 Å². The van der Waals surface area contributed by atoms with Crippen molar-refractivity contribution in [3.63, 3.8) is 0 Å². The number of ether oxygens (including phenoxy) is 1. The predicted octanol–water partition coefficient (Wildman–Crippen LogP) is 3.52. The lowest BCUT2D eigenvalue weighted by Crippen LogP contribution is -2.28. The van der Waals surface area contributed by atoms with E-state index in [1.54, 1.807) is 32.0 Å². The van der Waals surface area contributed by atoms with Crippen LogP contribution >= 0.6 is 0 Å². The van der Waals surface area contributed by atoms with Crippen LogP contribution in [0.1, 0.15) is 22.3 Å². The Morgan fingerprint density at radius 2 is 1.97 bits per heavy atom. The normalized spacial score (nSPS) is 11.4. The fourth-order valence-corrected chi connectivity index (χ4v) is 3.04. The maximum Gasteiger partial charge on any atom is 0.315 e. The summed E-state index contributed by atoms with van der Waals surface area (Å²) in [5, 5.41) is 40.9. The molecule has 10 heteroatoms. The first-order chi connectivity index (χ1) is 14.5. The molecule has 0 spiro atoms. The van der Waals surface area contributed by atoms with Crippen LogP contribution < -0.4 is 4.74 Å². The summed E-state index contributed by atoms with van der Waals surface area (Å²) in [6.07, 6.45) is 0. The number of nitro groups is 1. The van der Waals surface area contributed by atoms with Crippen molar-refractivity contribution in [3.8, 4) is 17.6 Å². The van der Waals surface area contributed by atoms with Crippen LogP contribution in [0, 0.1) is 41.1 Å². The highest BCUT2D eigenvalue weighted by Crippen LogP contribution is 2.38. The number of aromatic hydroxyl groups is 1. The van der Waals surface area contributed by atoms with Crippen molar-refractivity contribution in [1.82, 2.24) is 4.90 Å². The summed E-state index contributed by atoms with van der Waals surface area (Å²) in [7, 11) is 2.47. The number of amides is 1. The highest BCUT2D eigenvalue weighted by molar-refractivity contribution is 6.03. The number of methoxy groups -OCH3 is 1. The number of aliphatic hydroxyl groups is 1. The first-order valence-corrected chi connectivity index (χ1v) is 8.92. The molecule has 2 aromatic rings. The van der Waals surface area contributed by atoms with E-state index in [0.29, 0.717) is 5.56 Å². The second-order valence-corrected chi connectivity index (χ2v) is 6.85. The van der Waals surface area contributed by atoms with Gasteiger partial charge in [-0.2, -0.15) is 5.26 Å². The molecule has 0 fully saturated rings. The number of nitriles is 1. The van der Waals surface area contributed by atoms with Crippen LogP contribution in [0.3, 0.4) is 0 Å². The smallest absolute Gasteiger partial charge is 0.315 e. The van der Waals surface area contributed by atoms with Crippen molar-refractivity contribution in [3.05, 3.63) is 68.0 Å². The zero-order valence-corrected chi connectivity index (χ0v) is 17.3. The van der Waals surface area contributed by atoms with Gasteiger partial charge in [0.25, 0.3) is 5.91 Å². The summed E-state index contributed by atoms with van der Waals surface area (Å²) in [5.74, 6) is -3.35. The number of carbonyl (C=O) groups is 1. The van der Waals surface area contributed by atoms with Gasteiger partial charge in [0.05, 0.1) is 12.0 Å². The molecule has 2 rings (SSSR count). The topological polar surface area (TPSA) is 137 Å². The minimum Gasteiger partial charge on any atom is -0.506 e. The molecule has 0 aliphatic rings. The molecule has 0 aliphatic heterocycles. The lowest BCUT2D eigenvalue weighted by molar-refractivity contribution is -0.386. The summed E-state index contributed by atoms with van der Waals surface area (Å²) < 4.78 is 19.2. The predicted molar refractivity (Wildman–Crippen MR) is 109 cm³/mol. The quantitative estimate of drug-likeness (QED) is 0.236. The van der Waals surface area contributed by atoms with E-state index in [0.717, 1.165) is 29.7 Å². The Morgan fingerprint density at radius 1 is 1.32 bits per heavy atom. The monoisotopic (exact) mass is 429 g/mol. The molecule has 0 saturated heterocycles. The van der Waals surface area contributed by atoms with Gasteiger partial charge < -0.3 is 19.8 Å². The number of hydrogen-bond donors (Lipinski definition) is 2. The minimum atomic E-state index is -0.923. The van der Waals surface area contributed by atoms with E-state index in [-0.39, 0.29) is 23.4 Å². The standard InChI is InChI=1S/C21H20FN3O6/c1-11-5-12(2)18(22)14(6-11)10-24(3)21(28)15(9-23)19(26)13-7-16(25(29)30)20(27)17(8-13)31-4/h5-8,26-27H,10H2,1-4H3/b19-15-. The molecule has 0 heterocycles. The first kappa shape index (κ1) is 23.2. The summed E-state index contributed by atoms with van der Waals surface area (Å²) in [4.78, 5) is 24.1. The fourth-order valence-electron chi connectivity index (χ4n) is 3.04.